The van der Waals surface area contributed by atoms with Gasteiger partial charge in [-0.15, -0.1) is 0 Å². The van der Waals surface area contributed by atoms with Gasteiger partial charge >= 0.3 is 7.12 Å². The Balaban J connectivity index is 3.01. The van der Waals surface area contributed by atoms with E-state index in [0.29, 0.717) is 16.3 Å². The van der Waals surface area contributed by atoms with Crippen molar-refractivity contribution in [3.8, 4) is 0 Å². The molecule has 0 aliphatic rings. The molecule has 0 bridgehead atoms. The zero-order chi connectivity index (χ0) is 10.7. The van der Waals surface area contributed by atoms with Gasteiger partial charge in [0.15, 0.2) is 0 Å². The lowest BCUT2D eigenvalue weighted by atomic mass is 9.82. The molecule has 0 radical (unpaired) electrons. The molecule has 0 atom stereocenters. The number of pyridine rings is 1. The minimum absolute atomic E-state index is 0.295. The summed E-state index contributed by atoms with van der Waals surface area (Å²) in [6.45, 7) is 2.76. The van der Waals surface area contributed by atoms with Gasteiger partial charge in [0, 0.05) is 25.3 Å². The maximum Gasteiger partial charge on any atom is 0.490 e. The minimum Gasteiger partial charge on any atom is -0.423 e. The van der Waals surface area contributed by atoms with Gasteiger partial charge in [-0.2, -0.15) is 0 Å². The van der Waals surface area contributed by atoms with E-state index in [0.717, 1.165) is 6.54 Å². The Morgan fingerprint density at radius 2 is 2.21 bits per heavy atom. The first-order chi connectivity index (χ1) is 6.56. The largest absolute Gasteiger partial charge is 0.490 e. The SMILES string of the molecule is CCN(C)c1ncc(B(O)O)cc1Cl. The highest BCUT2D eigenvalue weighted by Crippen LogP contribution is 2.19. The van der Waals surface area contributed by atoms with E-state index in [9.17, 15) is 0 Å². The van der Waals surface area contributed by atoms with Gasteiger partial charge in [0.25, 0.3) is 0 Å². The van der Waals surface area contributed by atoms with Crippen molar-refractivity contribution in [1.29, 1.82) is 0 Å². The Morgan fingerprint density at radius 1 is 1.57 bits per heavy atom. The molecule has 1 heterocycles. The second-order valence-corrected chi connectivity index (χ2v) is 3.37. The predicted molar refractivity (Wildman–Crippen MR) is 58.0 cm³/mol. The van der Waals surface area contributed by atoms with Gasteiger partial charge in [-0.1, -0.05) is 11.6 Å². The highest BCUT2D eigenvalue weighted by atomic mass is 35.5. The quantitative estimate of drug-likeness (QED) is 0.689. The van der Waals surface area contributed by atoms with Gasteiger partial charge < -0.3 is 14.9 Å². The summed E-state index contributed by atoms with van der Waals surface area (Å²) in [6.07, 6.45) is 1.40. The first kappa shape index (κ1) is 11.3. The lowest BCUT2D eigenvalue weighted by molar-refractivity contribution is 0.425. The summed E-state index contributed by atoms with van der Waals surface area (Å²) in [6, 6.07) is 1.50. The van der Waals surface area contributed by atoms with Crippen LogP contribution in [0.25, 0.3) is 0 Å². The molecule has 0 amide bonds. The van der Waals surface area contributed by atoms with Crippen molar-refractivity contribution in [3.05, 3.63) is 17.3 Å². The maximum atomic E-state index is 8.88. The first-order valence-corrected chi connectivity index (χ1v) is 4.66. The van der Waals surface area contributed by atoms with Crippen molar-refractivity contribution in [1.82, 2.24) is 4.98 Å². The van der Waals surface area contributed by atoms with Crippen LogP contribution in [0.3, 0.4) is 0 Å². The van der Waals surface area contributed by atoms with E-state index < -0.39 is 7.12 Å². The molecule has 6 heteroatoms. The third kappa shape index (κ3) is 2.38. The van der Waals surface area contributed by atoms with Crippen molar-refractivity contribution < 1.29 is 10.0 Å². The van der Waals surface area contributed by atoms with E-state index in [-0.39, 0.29) is 0 Å². The van der Waals surface area contributed by atoms with Crippen molar-refractivity contribution in [2.75, 3.05) is 18.5 Å². The number of aromatic nitrogens is 1. The van der Waals surface area contributed by atoms with Crippen LogP contribution < -0.4 is 10.4 Å². The van der Waals surface area contributed by atoms with Crippen molar-refractivity contribution in [3.63, 3.8) is 0 Å². The average molecular weight is 214 g/mol. The molecule has 4 nitrogen and oxygen atoms in total. The molecule has 14 heavy (non-hydrogen) atoms. The molecule has 76 valence electrons. The number of nitrogens with zero attached hydrogens (tertiary/aromatic N) is 2. The van der Waals surface area contributed by atoms with E-state index in [2.05, 4.69) is 4.98 Å². The standard InChI is InChI=1S/C8H12BClN2O2/c1-3-12(2)8-7(10)4-6(5-11-8)9(13)14/h4-5,13-14H,3H2,1-2H3. The van der Waals surface area contributed by atoms with Crippen molar-refractivity contribution in [2.45, 2.75) is 6.92 Å². The van der Waals surface area contributed by atoms with E-state index in [1.807, 2.05) is 18.9 Å². The normalized spacial score (nSPS) is 10.1. The van der Waals surface area contributed by atoms with Gasteiger partial charge in [0.1, 0.15) is 5.82 Å². The summed E-state index contributed by atoms with van der Waals surface area (Å²) in [5.74, 6) is 0.638. The average Bonchev–Trinajstić information content (AvgIpc) is 2.16. The summed E-state index contributed by atoms with van der Waals surface area (Å²) < 4.78 is 0. The Kier molecular flexibility index (Phi) is 3.74. The van der Waals surface area contributed by atoms with Gasteiger partial charge in [-0.05, 0) is 13.0 Å². The van der Waals surface area contributed by atoms with Crippen LogP contribution in [0.2, 0.25) is 5.02 Å². The molecule has 2 N–H and O–H groups in total. The van der Waals surface area contributed by atoms with E-state index in [1.54, 1.807) is 0 Å². The fourth-order valence-electron chi connectivity index (χ4n) is 1.02. The molecule has 0 saturated heterocycles. The number of hydrogen-bond acceptors (Lipinski definition) is 4. The van der Waals surface area contributed by atoms with Crippen molar-refractivity contribution in [2.24, 2.45) is 0 Å². The molecule has 1 rings (SSSR count). The topological polar surface area (TPSA) is 56.6 Å². The first-order valence-electron chi connectivity index (χ1n) is 4.29. The summed E-state index contributed by atoms with van der Waals surface area (Å²) in [7, 11) is 0.337. The summed E-state index contributed by atoms with van der Waals surface area (Å²) in [5.41, 5.74) is 0.295. The van der Waals surface area contributed by atoms with Crippen LogP contribution in [-0.2, 0) is 0 Å². The second kappa shape index (κ2) is 4.64. The Bertz CT molecular complexity index is 322. The van der Waals surface area contributed by atoms with E-state index in [1.165, 1.54) is 12.3 Å². The predicted octanol–water partition coefficient (Wildman–Crippen LogP) is -0.129. The molecule has 0 aromatic carbocycles. The Morgan fingerprint density at radius 3 is 2.64 bits per heavy atom. The van der Waals surface area contributed by atoms with Crippen molar-refractivity contribution >= 4 is 30.0 Å². The Labute approximate surface area is 88.3 Å². The summed E-state index contributed by atoms with van der Waals surface area (Å²) >= 11 is 5.92. The molecule has 0 aliphatic carbocycles. The molecular formula is C8H12BClN2O2. The number of halogens is 1. The lowest BCUT2D eigenvalue weighted by Crippen LogP contribution is -2.31. The third-order valence-corrected chi connectivity index (χ3v) is 2.26. The smallest absolute Gasteiger partial charge is 0.423 e. The molecular weight excluding hydrogens is 202 g/mol. The monoisotopic (exact) mass is 214 g/mol. The highest BCUT2D eigenvalue weighted by Gasteiger charge is 2.14. The zero-order valence-corrected chi connectivity index (χ0v) is 8.86. The van der Waals surface area contributed by atoms with E-state index in [4.69, 9.17) is 21.6 Å². The number of hydrogen-bond donors (Lipinski definition) is 2. The molecule has 0 aliphatic heterocycles. The number of anilines is 1. The molecule has 1 aromatic heterocycles. The van der Waals surface area contributed by atoms with Crippen LogP contribution in [0, 0.1) is 0 Å². The van der Waals surface area contributed by atoms with Gasteiger partial charge in [0.2, 0.25) is 0 Å². The molecule has 1 aromatic rings. The number of rotatable bonds is 3. The molecule has 0 saturated carbocycles. The molecule has 0 fully saturated rings. The molecule has 0 unspecified atom stereocenters. The van der Waals surface area contributed by atoms with Crippen LogP contribution in [-0.4, -0.2) is 35.7 Å². The fraction of sp³-hybridized carbons (Fsp3) is 0.375. The van der Waals surface area contributed by atoms with Crippen LogP contribution in [0.5, 0.6) is 0 Å². The minimum atomic E-state index is -1.53. The fourth-order valence-corrected chi connectivity index (χ4v) is 1.34. The lowest BCUT2D eigenvalue weighted by Gasteiger charge is -2.17. The highest BCUT2D eigenvalue weighted by molar-refractivity contribution is 6.59. The maximum absolute atomic E-state index is 8.88. The van der Waals surface area contributed by atoms with Crippen LogP contribution >= 0.6 is 11.6 Å². The van der Waals surface area contributed by atoms with E-state index >= 15 is 0 Å². The summed E-state index contributed by atoms with van der Waals surface area (Å²) in [5, 5.41) is 18.2. The Hall–Kier alpha value is -0.775. The van der Waals surface area contributed by atoms with Gasteiger partial charge in [-0.25, -0.2) is 4.98 Å². The van der Waals surface area contributed by atoms with Crippen LogP contribution in [0.4, 0.5) is 5.82 Å². The van der Waals surface area contributed by atoms with Gasteiger partial charge in [-0.3, -0.25) is 0 Å². The van der Waals surface area contributed by atoms with Crippen LogP contribution in [0.1, 0.15) is 6.92 Å². The summed E-state index contributed by atoms with van der Waals surface area (Å²) in [4.78, 5) is 5.92. The second-order valence-electron chi connectivity index (χ2n) is 2.96. The third-order valence-electron chi connectivity index (χ3n) is 1.98. The zero-order valence-electron chi connectivity index (χ0n) is 8.11. The molecule has 0 spiro atoms. The van der Waals surface area contributed by atoms with Crippen LogP contribution in [0.15, 0.2) is 12.3 Å². The van der Waals surface area contributed by atoms with Gasteiger partial charge in [0.05, 0.1) is 5.02 Å².